The smallest absolute Gasteiger partial charge is 0.334 e. The van der Waals surface area contributed by atoms with E-state index in [0.717, 1.165) is 68.2 Å². The second-order valence-corrected chi connectivity index (χ2v) is 23.5. The summed E-state index contributed by atoms with van der Waals surface area (Å²) in [6.07, 6.45) is 3.06. The number of esters is 3. The van der Waals surface area contributed by atoms with Crippen molar-refractivity contribution in [2.75, 3.05) is 19.8 Å². The van der Waals surface area contributed by atoms with Crippen LogP contribution in [0.25, 0.3) is 12.2 Å². The van der Waals surface area contributed by atoms with Crippen LogP contribution in [0.1, 0.15) is 79.7 Å². The van der Waals surface area contributed by atoms with E-state index in [1.54, 1.807) is 62.4 Å². The minimum Gasteiger partial charge on any atom is -0.483 e. The van der Waals surface area contributed by atoms with Gasteiger partial charge in [-0.25, -0.2) is 40.7 Å². The van der Waals surface area contributed by atoms with E-state index in [4.69, 9.17) is 28.4 Å². The third-order valence-corrected chi connectivity index (χ3v) is 17.8. The van der Waals surface area contributed by atoms with E-state index in [1.165, 1.54) is 32.1 Å². The first kappa shape index (κ1) is 70.9. The fraction of sp³-hybridized carbons (Fsp3) is 0.160. The van der Waals surface area contributed by atoms with Crippen molar-refractivity contribution in [1.82, 2.24) is 0 Å². The van der Waals surface area contributed by atoms with Gasteiger partial charge in [-0.2, -0.15) is 0 Å². The second-order valence-electron chi connectivity index (χ2n) is 19.9. The Hall–Kier alpha value is -10.2. The predicted molar refractivity (Wildman–Crippen MR) is 350 cm³/mol. The van der Waals surface area contributed by atoms with Crippen molar-refractivity contribution in [3.63, 3.8) is 0 Å². The molecular weight excluding hydrogens is 1210 g/mol. The number of rotatable bonds is 21. The van der Waals surface area contributed by atoms with Crippen molar-refractivity contribution < 1.29 is 73.9 Å². The highest BCUT2D eigenvalue weighted by Gasteiger charge is 2.31. The summed E-state index contributed by atoms with van der Waals surface area (Å²) < 4.78 is 114. The van der Waals surface area contributed by atoms with Gasteiger partial charge in [0.2, 0.25) is 0 Å². The molecule has 9 aromatic carbocycles. The molecule has 0 aliphatic heterocycles. The lowest BCUT2D eigenvalue weighted by atomic mass is 10.1. The summed E-state index contributed by atoms with van der Waals surface area (Å²) in [5.74, 6) is -7.74. The average molecular weight is 1280 g/mol. The summed E-state index contributed by atoms with van der Waals surface area (Å²) >= 11 is 0. The summed E-state index contributed by atoms with van der Waals surface area (Å²) in [5.41, 5.74) is 3.10. The Labute approximate surface area is 532 Å². The minimum atomic E-state index is -2.29. The summed E-state index contributed by atoms with van der Waals surface area (Å²) in [5, 5.41) is 4.23. The zero-order valence-corrected chi connectivity index (χ0v) is 52.5. The Bertz CT molecular complexity index is 3830. The quantitative estimate of drug-likeness (QED) is 0.0172. The maximum atomic E-state index is 14.5. The van der Waals surface area contributed by atoms with Gasteiger partial charge < -0.3 is 28.4 Å². The van der Waals surface area contributed by atoms with Gasteiger partial charge in [0.1, 0.15) is 26.1 Å². The topological polar surface area (TPSA) is 124 Å². The molecular formula is C75H69F6O10P. The van der Waals surface area contributed by atoms with Crippen molar-refractivity contribution in [1.29, 1.82) is 0 Å². The molecule has 0 aromatic heterocycles. The fourth-order valence-corrected chi connectivity index (χ4v) is 13.3. The first-order chi connectivity index (χ1) is 44.4. The van der Waals surface area contributed by atoms with Gasteiger partial charge in [0.15, 0.2) is 52.2 Å². The number of carbonyl (C=O) groups is 4. The molecule has 0 aliphatic carbocycles. The zero-order chi connectivity index (χ0) is 66.4. The van der Waals surface area contributed by atoms with Crippen LogP contribution in [0.2, 0.25) is 0 Å². The highest BCUT2D eigenvalue weighted by Crippen LogP contribution is 2.46. The van der Waals surface area contributed by atoms with Crippen molar-refractivity contribution in [2.24, 2.45) is 0 Å². The number of aldehydes is 1. The lowest BCUT2D eigenvalue weighted by molar-refractivity contribution is -0.139. The molecule has 0 fully saturated rings. The van der Waals surface area contributed by atoms with Gasteiger partial charge in [-0.1, -0.05) is 182 Å². The Morgan fingerprint density at radius 3 is 1.04 bits per heavy atom. The van der Waals surface area contributed by atoms with Gasteiger partial charge in [-0.15, -0.1) is 0 Å². The van der Waals surface area contributed by atoms with Crippen LogP contribution in [-0.4, -0.2) is 49.3 Å². The average Bonchev–Trinajstić information content (AvgIpc) is 0.742. The number of halogens is 6. The monoisotopic (exact) mass is 1270 g/mol. The highest BCUT2D eigenvalue weighted by molar-refractivity contribution is 7.96. The predicted octanol–water partition coefficient (Wildman–Crippen LogP) is 16.1. The Morgan fingerprint density at radius 1 is 0.380 bits per heavy atom. The van der Waals surface area contributed by atoms with Crippen molar-refractivity contribution in [3.8, 4) is 17.2 Å². The SMILES string of the molecule is CCOC(=O)/C(C)=C/c1cc(F)c(OCc2ccccc2)c(F)c1.CCOC(=O)/C(C)=C/c1ccc(F)c(OCc2ccccc2)c1F.CCOC(=O)C(C)=P(c1ccccc1)(c1ccccc1)c1ccccc1.O=Cc1cc(F)c(OCc2ccccc2)c(F)c1. The molecule has 92 heavy (non-hydrogen) atoms. The van der Waals surface area contributed by atoms with Gasteiger partial charge in [0, 0.05) is 27.6 Å². The largest absolute Gasteiger partial charge is 0.483 e. The highest BCUT2D eigenvalue weighted by atomic mass is 31.2. The molecule has 0 atom stereocenters. The normalized spacial score (nSPS) is 11.0. The van der Waals surface area contributed by atoms with E-state index >= 15 is 0 Å². The molecule has 0 spiro atoms. The van der Waals surface area contributed by atoms with Crippen LogP contribution >= 0.6 is 6.89 Å². The number of hydrogen-bond donors (Lipinski definition) is 0. The van der Waals surface area contributed by atoms with Crippen LogP contribution in [0.5, 0.6) is 17.2 Å². The van der Waals surface area contributed by atoms with Gasteiger partial charge in [0.05, 0.1) is 19.8 Å². The molecule has 10 nitrogen and oxygen atoms in total. The van der Waals surface area contributed by atoms with E-state index in [2.05, 4.69) is 36.4 Å². The maximum Gasteiger partial charge on any atom is 0.334 e. The third-order valence-electron chi connectivity index (χ3n) is 13.4. The van der Waals surface area contributed by atoms with Gasteiger partial charge in [-0.05, 0) is 135 Å². The molecule has 0 heterocycles. The lowest BCUT2D eigenvalue weighted by Crippen LogP contribution is -2.33. The van der Waals surface area contributed by atoms with E-state index in [0.29, 0.717) is 12.9 Å². The molecule has 9 aromatic rings. The number of benzene rings is 9. The van der Waals surface area contributed by atoms with Crippen LogP contribution in [-0.2, 0) is 48.4 Å². The Balaban J connectivity index is 0.000000196. The van der Waals surface area contributed by atoms with Gasteiger partial charge in [-0.3, -0.25) is 4.79 Å². The molecule has 0 N–H and O–H groups in total. The summed E-state index contributed by atoms with van der Waals surface area (Å²) in [6, 6.07) is 64.6. The van der Waals surface area contributed by atoms with E-state index < -0.39 is 71.0 Å². The van der Waals surface area contributed by atoms with Crippen LogP contribution in [0, 0.1) is 34.9 Å². The lowest BCUT2D eigenvalue weighted by Gasteiger charge is -2.31. The Kier molecular flexibility index (Phi) is 28.1. The van der Waals surface area contributed by atoms with Crippen LogP contribution in [0.4, 0.5) is 26.3 Å². The molecule has 0 unspecified atom stereocenters. The minimum absolute atomic E-state index is 0.0404. The summed E-state index contributed by atoms with van der Waals surface area (Å²) in [4.78, 5) is 46.4. The van der Waals surface area contributed by atoms with Crippen LogP contribution < -0.4 is 30.1 Å². The Morgan fingerprint density at radius 2 is 0.696 bits per heavy atom. The fourth-order valence-electron chi connectivity index (χ4n) is 9.01. The molecule has 17 heteroatoms. The molecule has 0 bridgehead atoms. The summed E-state index contributed by atoms with van der Waals surface area (Å²) in [6.45, 7) is 8.87. The molecule has 0 radical (unpaired) electrons. The standard InChI is InChI=1S/C23H23O2P.2C19H18F2O3.C14H10F2O2/c1-3-25-23(24)19(2)26(20-13-7-4-8-14-20,21-15-9-5-10-16-21)22-17-11-6-12-18-22;1-3-23-19(22)13(2)9-15-10-16(20)18(17(21)11-15)24-12-14-7-5-4-6-8-14;1-3-23-19(22)13(2)11-15-9-10-16(20)18(17(15)21)24-12-14-7-5-4-6-8-14;15-12-6-11(8-17)7-13(16)14(12)18-9-10-4-2-1-3-5-10/h4-18H,3H2,1-2H3;2*4-11H,3,12H2,1-2H3;1-8H,9H2/b;13-9+;13-11+;. The second kappa shape index (κ2) is 36.5. The molecule has 476 valence electrons. The summed E-state index contributed by atoms with van der Waals surface area (Å²) in [7, 11) is 0. The van der Waals surface area contributed by atoms with E-state index in [1.807, 2.05) is 111 Å². The number of hydrogen-bond acceptors (Lipinski definition) is 10. The third kappa shape index (κ3) is 20.2. The van der Waals surface area contributed by atoms with Crippen LogP contribution in [0.15, 0.2) is 230 Å². The molecule has 0 saturated carbocycles. The number of carbonyl (C=O) groups excluding carboxylic acids is 4. The zero-order valence-electron chi connectivity index (χ0n) is 51.6. The molecule has 0 saturated heterocycles. The van der Waals surface area contributed by atoms with E-state index in [9.17, 15) is 45.5 Å². The van der Waals surface area contributed by atoms with Gasteiger partial charge >= 0.3 is 17.9 Å². The molecule has 0 aliphatic rings. The van der Waals surface area contributed by atoms with Crippen molar-refractivity contribution in [3.05, 3.63) is 298 Å². The first-order valence-electron chi connectivity index (χ1n) is 29.1. The van der Waals surface area contributed by atoms with Crippen LogP contribution in [0.3, 0.4) is 0 Å². The maximum absolute atomic E-state index is 14.5. The number of ether oxygens (including phenoxy) is 6. The van der Waals surface area contributed by atoms with E-state index in [-0.39, 0.29) is 66.8 Å². The van der Waals surface area contributed by atoms with Gasteiger partial charge in [0.25, 0.3) is 0 Å². The molecule has 0 amide bonds. The van der Waals surface area contributed by atoms with Crippen molar-refractivity contribution >= 4 is 64.4 Å². The van der Waals surface area contributed by atoms with Crippen molar-refractivity contribution in [2.45, 2.75) is 61.4 Å². The first-order valence-corrected chi connectivity index (χ1v) is 30.9. The molecule has 9 rings (SSSR count).